The Bertz CT molecular complexity index is 512. The van der Waals surface area contributed by atoms with Crippen LogP contribution in [0.25, 0.3) is 0 Å². The largest absolute Gasteiger partial charge is 0.465 e. The van der Waals surface area contributed by atoms with Gasteiger partial charge in [0.05, 0.1) is 22.2 Å². The van der Waals surface area contributed by atoms with E-state index in [2.05, 4.69) is 15.9 Å². The van der Waals surface area contributed by atoms with Crippen LogP contribution in [0.3, 0.4) is 0 Å². The third-order valence-electron chi connectivity index (χ3n) is 3.30. The number of aliphatic hydroxyl groups is 1. The van der Waals surface area contributed by atoms with Crippen molar-refractivity contribution in [3.8, 4) is 0 Å². The average Bonchev–Trinajstić information content (AvgIpc) is 2.82. The molecule has 17 heavy (non-hydrogen) atoms. The van der Waals surface area contributed by atoms with E-state index in [0.717, 1.165) is 0 Å². The summed E-state index contributed by atoms with van der Waals surface area (Å²) in [7, 11) is -3.11. The van der Waals surface area contributed by atoms with Gasteiger partial charge in [-0.3, -0.25) is 0 Å². The molecule has 1 saturated heterocycles. The van der Waals surface area contributed by atoms with Crippen molar-refractivity contribution < 1.29 is 17.9 Å². The minimum atomic E-state index is -3.11. The molecule has 0 bridgehead atoms. The number of furan rings is 1. The zero-order valence-corrected chi connectivity index (χ0v) is 11.5. The Morgan fingerprint density at radius 1 is 1.65 bits per heavy atom. The highest BCUT2D eigenvalue weighted by Gasteiger charge is 2.48. The van der Waals surface area contributed by atoms with Crippen molar-refractivity contribution >= 4 is 25.8 Å². The van der Waals surface area contributed by atoms with Crippen LogP contribution in [0.2, 0.25) is 0 Å². The lowest BCUT2D eigenvalue weighted by Crippen LogP contribution is -2.38. The second kappa shape index (κ2) is 4.38. The SMILES string of the molecule is NCC1(C(O)c2occc2Br)CCS(=O)(=O)C1. The Morgan fingerprint density at radius 2 is 2.35 bits per heavy atom. The molecule has 0 spiro atoms. The third-order valence-corrected chi connectivity index (χ3v) is 5.79. The number of aliphatic hydroxyl groups excluding tert-OH is 1. The quantitative estimate of drug-likeness (QED) is 0.859. The minimum Gasteiger partial charge on any atom is -0.465 e. The van der Waals surface area contributed by atoms with Crippen molar-refractivity contribution in [2.75, 3.05) is 18.1 Å². The van der Waals surface area contributed by atoms with Crippen molar-refractivity contribution in [3.05, 3.63) is 22.6 Å². The van der Waals surface area contributed by atoms with E-state index in [1.165, 1.54) is 6.26 Å². The molecule has 3 N–H and O–H groups in total. The highest BCUT2D eigenvalue weighted by atomic mass is 79.9. The van der Waals surface area contributed by atoms with Gasteiger partial charge in [0.1, 0.15) is 11.9 Å². The molecule has 0 amide bonds. The van der Waals surface area contributed by atoms with Gasteiger partial charge in [0.25, 0.3) is 0 Å². The van der Waals surface area contributed by atoms with Crippen molar-refractivity contribution in [2.45, 2.75) is 12.5 Å². The second-order valence-corrected chi connectivity index (χ2v) is 7.48. The van der Waals surface area contributed by atoms with Gasteiger partial charge >= 0.3 is 0 Å². The average molecular weight is 324 g/mol. The second-order valence-electron chi connectivity index (χ2n) is 4.44. The first-order valence-corrected chi connectivity index (χ1v) is 7.83. The Kier molecular flexibility index (Phi) is 3.37. The molecule has 7 heteroatoms. The molecular weight excluding hydrogens is 310 g/mol. The van der Waals surface area contributed by atoms with E-state index in [4.69, 9.17) is 10.2 Å². The highest BCUT2D eigenvalue weighted by Crippen LogP contribution is 2.44. The maximum Gasteiger partial charge on any atom is 0.151 e. The molecule has 1 aromatic rings. The lowest BCUT2D eigenvalue weighted by atomic mass is 9.80. The normalized spacial score (nSPS) is 29.4. The van der Waals surface area contributed by atoms with Gasteiger partial charge in [-0.1, -0.05) is 0 Å². The van der Waals surface area contributed by atoms with E-state index in [-0.39, 0.29) is 18.1 Å². The summed E-state index contributed by atoms with van der Waals surface area (Å²) in [5.74, 6) is 0.317. The molecule has 1 fully saturated rings. The molecule has 0 saturated carbocycles. The predicted octanol–water partition coefficient (Wildman–Crippen LogP) is 0.839. The van der Waals surface area contributed by atoms with E-state index in [1.54, 1.807) is 6.07 Å². The van der Waals surface area contributed by atoms with Crippen LogP contribution in [0.15, 0.2) is 21.2 Å². The first-order valence-electron chi connectivity index (χ1n) is 5.22. The Hall–Kier alpha value is -0.370. The van der Waals surface area contributed by atoms with Crippen molar-refractivity contribution in [1.29, 1.82) is 0 Å². The van der Waals surface area contributed by atoms with Crippen LogP contribution in [0, 0.1) is 5.41 Å². The van der Waals surface area contributed by atoms with Crippen LogP contribution in [0.5, 0.6) is 0 Å². The summed E-state index contributed by atoms with van der Waals surface area (Å²) in [6.07, 6.45) is 0.797. The highest BCUT2D eigenvalue weighted by molar-refractivity contribution is 9.10. The summed E-state index contributed by atoms with van der Waals surface area (Å²) >= 11 is 3.25. The number of rotatable bonds is 3. The topological polar surface area (TPSA) is 93.5 Å². The van der Waals surface area contributed by atoms with Gasteiger partial charge in [-0.2, -0.15) is 0 Å². The fourth-order valence-electron chi connectivity index (χ4n) is 2.21. The Labute approximate surface area is 108 Å². The molecule has 96 valence electrons. The molecule has 2 atom stereocenters. The summed E-state index contributed by atoms with van der Waals surface area (Å²) in [6.45, 7) is 0.112. The van der Waals surface area contributed by atoms with E-state index in [1.807, 2.05) is 0 Å². The monoisotopic (exact) mass is 323 g/mol. The van der Waals surface area contributed by atoms with Crippen LogP contribution in [0.4, 0.5) is 0 Å². The maximum absolute atomic E-state index is 11.6. The standard InChI is InChI=1S/C10H14BrNO4S/c11-7-1-3-16-8(7)9(13)10(5-12)2-4-17(14,15)6-10/h1,3,9,13H,2,4-6,12H2. The number of nitrogens with two attached hydrogens (primary N) is 1. The lowest BCUT2D eigenvalue weighted by Gasteiger charge is -2.30. The molecule has 2 heterocycles. The number of hydrogen-bond acceptors (Lipinski definition) is 5. The maximum atomic E-state index is 11.6. The zero-order valence-electron chi connectivity index (χ0n) is 9.10. The minimum absolute atomic E-state index is 0.0690. The van der Waals surface area contributed by atoms with Crippen LogP contribution in [-0.4, -0.2) is 31.6 Å². The van der Waals surface area contributed by atoms with Crippen LogP contribution < -0.4 is 5.73 Å². The molecule has 0 aliphatic carbocycles. The summed E-state index contributed by atoms with van der Waals surface area (Å²) in [6, 6.07) is 1.66. The van der Waals surface area contributed by atoms with Crippen LogP contribution >= 0.6 is 15.9 Å². The number of sulfone groups is 1. The van der Waals surface area contributed by atoms with Gasteiger partial charge < -0.3 is 15.3 Å². The fraction of sp³-hybridized carbons (Fsp3) is 0.600. The molecule has 2 unspecified atom stereocenters. The molecule has 1 aliphatic heterocycles. The summed E-state index contributed by atoms with van der Waals surface area (Å²) in [5, 5.41) is 10.3. The summed E-state index contributed by atoms with van der Waals surface area (Å²) in [5.41, 5.74) is 4.83. The molecule has 0 aromatic carbocycles. The molecule has 1 aliphatic rings. The van der Waals surface area contributed by atoms with Gasteiger partial charge in [0.2, 0.25) is 0 Å². The number of hydrogen-bond donors (Lipinski definition) is 2. The lowest BCUT2D eigenvalue weighted by molar-refractivity contribution is 0.0287. The van der Waals surface area contributed by atoms with E-state index in [0.29, 0.717) is 16.7 Å². The van der Waals surface area contributed by atoms with Crippen molar-refractivity contribution in [3.63, 3.8) is 0 Å². The van der Waals surface area contributed by atoms with Crippen molar-refractivity contribution in [1.82, 2.24) is 0 Å². The summed E-state index contributed by atoms with van der Waals surface area (Å²) < 4.78 is 28.9. The zero-order chi connectivity index (χ0) is 12.7. The smallest absolute Gasteiger partial charge is 0.151 e. The van der Waals surface area contributed by atoms with Crippen molar-refractivity contribution in [2.24, 2.45) is 11.1 Å². The Balaban J connectivity index is 2.35. The van der Waals surface area contributed by atoms with Gasteiger partial charge in [-0.25, -0.2) is 8.42 Å². The molecule has 0 radical (unpaired) electrons. The first-order chi connectivity index (χ1) is 7.90. The Morgan fingerprint density at radius 3 is 2.76 bits per heavy atom. The van der Waals surface area contributed by atoms with Gasteiger partial charge in [-0.05, 0) is 28.4 Å². The predicted molar refractivity (Wildman–Crippen MR) is 66.1 cm³/mol. The fourth-order valence-corrected chi connectivity index (χ4v) is 4.78. The van der Waals surface area contributed by atoms with E-state index >= 15 is 0 Å². The van der Waals surface area contributed by atoms with E-state index in [9.17, 15) is 13.5 Å². The van der Waals surface area contributed by atoms with Crippen LogP contribution in [-0.2, 0) is 9.84 Å². The van der Waals surface area contributed by atoms with Gasteiger partial charge in [-0.15, -0.1) is 0 Å². The third kappa shape index (κ3) is 2.29. The molecule has 5 nitrogen and oxygen atoms in total. The van der Waals surface area contributed by atoms with Crippen LogP contribution in [0.1, 0.15) is 18.3 Å². The van der Waals surface area contributed by atoms with E-state index < -0.39 is 21.4 Å². The molecule has 1 aromatic heterocycles. The van der Waals surface area contributed by atoms with Gasteiger partial charge in [0, 0.05) is 12.0 Å². The summed E-state index contributed by atoms with van der Waals surface area (Å²) in [4.78, 5) is 0. The van der Waals surface area contributed by atoms with Gasteiger partial charge in [0.15, 0.2) is 9.84 Å². The first kappa shape index (κ1) is 13.1. The molecular formula is C10H14BrNO4S. The number of halogens is 1. The molecule has 2 rings (SSSR count).